The van der Waals surface area contributed by atoms with Crippen LogP contribution in [0.1, 0.15) is 36.7 Å². The summed E-state index contributed by atoms with van der Waals surface area (Å²) in [6, 6.07) is 13.1. The van der Waals surface area contributed by atoms with Crippen LogP contribution in [0.4, 0.5) is 13.2 Å². The molecular formula is C18H17F3N2O2. The number of benzene rings is 2. The van der Waals surface area contributed by atoms with E-state index in [1.54, 1.807) is 38.1 Å². The third-order valence-electron chi connectivity index (χ3n) is 4.41. The fourth-order valence-electron chi connectivity index (χ4n) is 3.10. The summed E-state index contributed by atoms with van der Waals surface area (Å²) in [6.45, 7) is 3.37. The standard InChI is InChI=1S/C18H17F3N2O2/c1-17(2)15(12-6-4-3-5-7-12)22(24)16(23(17)25)13-8-10-14(11-9-13)18(19,20)21/h3-11,16,25H,1-2H3/t16-/m1/s1. The van der Waals surface area contributed by atoms with Crippen LogP contribution in [0.2, 0.25) is 0 Å². The van der Waals surface area contributed by atoms with Gasteiger partial charge >= 0.3 is 6.18 Å². The number of hydrogen-bond acceptors (Lipinski definition) is 3. The minimum absolute atomic E-state index is 0.282. The average Bonchev–Trinajstić information content (AvgIpc) is 2.73. The van der Waals surface area contributed by atoms with Gasteiger partial charge in [-0.1, -0.05) is 30.3 Å². The molecule has 2 aromatic rings. The smallest absolute Gasteiger partial charge is 0.416 e. The second kappa shape index (κ2) is 5.86. The predicted molar refractivity (Wildman–Crippen MR) is 86.1 cm³/mol. The Labute approximate surface area is 143 Å². The number of hydrogen-bond donors (Lipinski definition) is 1. The van der Waals surface area contributed by atoms with Crippen molar-refractivity contribution in [2.45, 2.75) is 31.7 Å². The highest BCUT2D eigenvalue weighted by Gasteiger charge is 2.52. The second-order valence-corrected chi connectivity index (χ2v) is 6.44. The molecule has 1 aliphatic heterocycles. The molecule has 1 heterocycles. The number of nitrogens with zero attached hydrogens (tertiary/aromatic N) is 2. The summed E-state index contributed by atoms with van der Waals surface area (Å²) < 4.78 is 38.8. The van der Waals surface area contributed by atoms with Crippen molar-refractivity contribution in [1.29, 1.82) is 0 Å². The monoisotopic (exact) mass is 350 g/mol. The van der Waals surface area contributed by atoms with Crippen molar-refractivity contribution in [2.75, 3.05) is 0 Å². The van der Waals surface area contributed by atoms with Crippen molar-refractivity contribution in [3.8, 4) is 0 Å². The largest absolute Gasteiger partial charge is 0.622 e. The fraction of sp³-hybridized carbons (Fsp3) is 0.278. The van der Waals surface area contributed by atoms with Gasteiger partial charge < -0.3 is 10.4 Å². The van der Waals surface area contributed by atoms with Crippen molar-refractivity contribution in [1.82, 2.24) is 5.06 Å². The van der Waals surface area contributed by atoms with Gasteiger partial charge in [-0.25, -0.2) is 0 Å². The molecule has 132 valence electrons. The van der Waals surface area contributed by atoms with Gasteiger partial charge in [0.05, 0.1) is 5.56 Å². The first kappa shape index (κ1) is 17.4. The van der Waals surface area contributed by atoms with Crippen molar-refractivity contribution in [3.63, 3.8) is 0 Å². The highest BCUT2D eigenvalue weighted by molar-refractivity contribution is 6.04. The number of halogens is 3. The zero-order valence-corrected chi connectivity index (χ0v) is 13.7. The summed E-state index contributed by atoms with van der Waals surface area (Å²) in [4.78, 5) is 0. The summed E-state index contributed by atoms with van der Waals surface area (Å²) in [7, 11) is 0. The van der Waals surface area contributed by atoms with Crippen LogP contribution >= 0.6 is 0 Å². The molecule has 4 nitrogen and oxygen atoms in total. The summed E-state index contributed by atoms with van der Waals surface area (Å²) in [6.07, 6.45) is -5.57. The minimum Gasteiger partial charge on any atom is -0.622 e. The molecule has 2 aromatic carbocycles. The molecule has 1 aliphatic rings. The lowest BCUT2D eigenvalue weighted by Crippen LogP contribution is -2.44. The maximum absolute atomic E-state index is 12.9. The molecule has 0 radical (unpaired) electrons. The Morgan fingerprint density at radius 2 is 1.60 bits per heavy atom. The van der Waals surface area contributed by atoms with E-state index in [0.29, 0.717) is 16.0 Å². The van der Waals surface area contributed by atoms with Gasteiger partial charge in [-0.2, -0.15) is 17.9 Å². The molecule has 1 atom stereocenters. The van der Waals surface area contributed by atoms with Crippen molar-refractivity contribution < 1.29 is 23.1 Å². The Balaban J connectivity index is 2.06. The van der Waals surface area contributed by atoms with Crippen LogP contribution in [0.25, 0.3) is 0 Å². The van der Waals surface area contributed by atoms with Gasteiger partial charge in [-0.3, -0.25) is 0 Å². The maximum atomic E-state index is 12.9. The van der Waals surface area contributed by atoms with E-state index in [9.17, 15) is 23.6 Å². The first-order valence-corrected chi connectivity index (χ1v) is 7.68. The number of alkyl halides is 3. The molecule has 0 spiro atoms. The van der Waals surface area contributed by atoms with Crippen LogP contribution in [-0.4, -0.2) is 26.3 Å². The van der Waals surface area contributed by atoms with Crippen LogP contribution in [0.5, 0.6) is 0 Å². The van der Waals surface area contributed by atoms with E-state index in [1.807, 2.05) is 6.07 Å². The SMILES string of the molecule is CC1(C)C(c2ccccc2)=[N+]([O-])[C@@H](c2ccc(C(F)(F)F)cc2)N1O. The molecule has 25 heavy (non-hydrogen) atoms. The molecule has 1 N–H and O–H groups in total. The van der Waals surface area contributed by atoms with Gasteiger partial charge in [-0.05, 0) is 38.1 Å². The lowest BCUT2D eigenvalue weighted by molar-refractivity contribution is -0.544. The van der Waals surface area contributed by atoms with Crippen LogP contribution in [0.3, 0.4) is 0 Å². The van der Waals surface area contributed by atoms with Crippen LogP contribution in [0, 0.1) is 5.21 Å². The molecule has 0 fully saturated rings. The second-order valence-electron chi connectivity index (χ2n) is 6.44. The Hall–Kier alpha value is -2.38. The summed E-state index contributed by atoms with van der Waals surface area (Å²) >= 11 is 0. The lowest BCUT2D eigenvalue weighted by atomic mass is 9.93. The molecule has 3 rings (SSSR count). The summed E-state index contributed by atoms with van der Waals surface area (Å²) in [5.41, 5.74) is -0.528. The van der Waals surface area contributed by atoms with E-state index in [4.69, 9.17) is 0 Å². The average molecular weight is 350 g/mol. The maximum Gasteiger partial charge on any atom is 0.416 e. The predicted octanol–water partition coefficient (Wildman–Crippen LogP) is 4.19. The van der Waals surface area contributed by atoms with E-state index < -0.39 is 23.4 Å². The molecular weight excluding hydrogens is 333 g/mol. The fourth-order valence-corrected chi connectivity index (χ4v) is 3.10. The van der Waals surface area contributed by atoms with E-state index in [1.165, 1.54) is 12.1 Å². The highest BCUT2D eigenvalue weighted by Crippen LogP contribution is 2.38. The quantitative estimate of drug-likeness (QED) is 0.653. The lowest BCUT2D eigenvalue weighted by Gasteiger charge is -2.25. The molecule has 0 bridgehead atoms. The first-order valence-electron chi connectivity index (χ1n) is 7.68. The number of hydroxylamine groups is 3. The Kier molecular flexibility index (Phi) is 4.09. The zero-order valence-electron chi connectivity index (χ0n) is 13.7. The van der Waals surface area contributed by atoms with Gasteiger partial charge in [0.15, 0.2) is 0 Å². The summed E-state index contributed by atoms with van der Waals surface area (Å²) in [5, 5.41) is 24.3. The third-order valence-corrected chi connectivity index (χ3v) is 4.41. The molecule has 7 heteroatoms. The molecule has 0 saturated heterocycles. The van der Waals surface area contributed by atoms with E-state index >= 15 is 0 Å². The molecule has 0 saturated carbocycles. The van der Waals surface area contributed by atoms with E-state index in [2.05, 4.69) is 0 Å². The van der Waals surface area contributed by atoms with Crippen LogP contribution in [0.15, 0.2) is 54.6 Å². The Morgan fingerprint density at radius 3 is 2.12 bits per heavy atom. The molecule has 0 unspecified atom stereocenters. The third kappa shape index (κ3) is 2.89. The summed E-state index contributed by atoms with van der Waals surface area (Å²) in [5.74, 6) is 0. The van der Waals surface area contributed by atoms with Crippen molar-refractivity contribution in [2.24, 2.45) is 0 Å². The van der Waals surface area contributed by atoms with E-state index in [-0.39, 0.29) is 5.56 Å². The van der Waals surface area contributed by atoms with Gasteiger partial charge in [0, 0.05) is 11.1 Å². The van der Waals surface area contributed by atoms with E-state index in [0.717, 1.165) is 17.2 Å². The first-order chi connectivity index (χ1) is 11.6. The highest BCUT2D eigenvalue weighted by atomic mass is 19.4. The zero-order chi connectivity index (χ0) is 18.4. The van der Waals surface area contributed by atoms with Crippen LogP contribution in [-0.2, 0) is 6.18 Å². The number of rotatable bonds is 2. The minimum atomic E-state index is -4.45. The van der Waals surface area contributed by atoms with Crippen molar-refractivity contribution >= 4 is 5.71 Å². The molecule has 0 aromatic heterocycles. The van der Waals surface area contributed by atoms with Gasteiger partial charge in [0.2, 0.25) is 5.71 Å². The topological polar surface area (TPSA) is 49.5 Å². The van der Waals surface area contributed by atoms with Crippen molar-refractivity contribution in [3.05, 3.63) is 76.5 Å². The van der Waals surface area contributed by atoms with Crippen LogP contribution < -0.4 is 0 Å². The van der Waals surface area contributed by atoms with Gasteiger partial charge in [0.1, 0.15) is 5.54 Å². The normalized spacial score (nSPS) is 21.0. The Bertz CT molecular complexity index is 799. The molecule has 0 amide bonds. The molecule has 0 aliphatic carbocycles. The Morgan fingerprint density at radius 1 is 1.04 bits per heavy atom. The van der Waals surface area contributed by atoms with Gasteiger partial charge in [-0.15, -0.1) is 5.06 Å². The van der Waals surface area contributed by atoms with Gasteiger partial charge in [0.25, 0.3) is 6.17 Å².